The van der Waals surface area contributed by atoms with Gasteiger partial charge in [-0.25, -0.2) is 0 Å². The highest BCUT2D eigenvalue weighted by molar-refractivity contribution is 5.76. The standard InChI is InChI=1S/C62H121NO5/c1-3-5-7-9-11-13-15-17-19-21-22-23-24-26-27-30-34-38-42-46-50-54-60(65)59(58-64)63-61(66)55-51-47-43-39-35-31-29-33-37-41-45-49-53-57-68-62(67)56-52-48-44-40-36-32-28-25-20-18-16-14-12-10-8-6-4-2/h50,54,59-60,64-65H,3-49,51-53,55-58H2,1-2H3,(H,63,66)/b54-50+. The van der Waals surface area contributed by atoms with Crippen molar-refractivity contribution in [2.24, 2.45) is 0 Å². The van der Waals surface area contributed by atoms with E-state index in [0.29, 0.717) is 19.4 Å². The molecule has 0 saturated carbocycles. The third kappa shape index (κ3) is 53.9. The molecule has 0 bridgehead atoms. The Labute approximate surface area is 425 Å². The number of hydrogen-bond donors (Lipinski definition) is 3. The summed E-state index contributed by atoms with van der Waals surface area (Å²) in [6, 6.07) is -0.637. The fourth-order valence-electron chi connectivity index (χ4n) is 9.81. The van der Waals surface area contributed by atoms with Crippen LogP contribution in [-0.2, 0) is 14.3 Å². The van der Waals surface area contributed by atoms with Crippen LogP contribution < -0.4 is 5.32 Å². The van der Waals surface area contributed by atoms with Crippen molar-refractivity contribution in [1.82, 2.24) is 5.32 Å². The summed E-state index contributed by atoms with van der Waals surface area (Å²) in [6.07, 6.45) is 69.5. The smallest absolute Gasteiger partial charge is 0.305 e. The maximum absolute atomic E-state index is 12.5. The van der Waals surface area contributed by atoms with Gasteiger partial charge in [0.1, 0.15) is 0 Å². The number of ether oxygens (including phenoxy) is 1. The van der Waals surface area contributed by atoms with E-state index in [0.717, 1.165) is 57.8 Å². The predicted molar refractivity (Wildman–Crippen MR) is 297 cm³/mol. The molecule has 0 aliphatic rings. The van der Waals surface area contributed by atoms with E-state index in [1.807, 2.05) is 6.08 Å². The van der Waals surface area contributed by atoms with Crippen LogP contribution in [0, 0.1) is 0 Å². The number of hydrogen-bond acceptors (Lipinski definition) is 5. The SMILES string of the molecule is CCCCCCCCCCCCCCCCCCCCC/C=C/C(O)C(CO)NC(=O)CCCCCCCCCCCCCCCOC(=O)CCCCCCCCCCCCCCCCCCC. The van der Waals surface area contributed by atoms with Gasteiger partial charge in [-0.15, -0.1) is 0 Å². The van der Waals surface area contributed by atoms with Gasteiger partial charge >= 0.3 is 5.97 Å². The molecule has 0 aromatic rings. The average Bonchev–Trinajstić information content (AvgIpc) is 3.34. The van der Waals surface area contributed by atoms with E-state index < -0.39 is 12.1 Å². The largest absolute Gasteiger partial charge is 0.466 e. The zero-order valence-electron chi connectivity index (χ0n) is 46.1. The number of carbonyl (C=O) groups excluding carboxylic acids is 2. The Kier molecular flexibility index (Phi) is 57.0. The van der Waals surface area contributed by atoms with Crippen LogP contribution in [0.2, 0.25) is 0 Å². The molecule has 1 amide bonds. The monoisotopic (exact) mass is 960 g/mol. The van der Waals surface area contributed by atoms with Gasteiger partial charge in [0.15, 0.2) is 0 Å². The lowest BCUT2D eigenvalue weighted by Crippen LogP contribution is -2.45. The van der Waals surface area contributed by atoms with E-state index in [1.165, 1.54) is 263 Å². The summed E-state index contributed by atoms with van der Waals surface area (Å²) < 4.78 is 5.49. The number of unbranched alkanes of at least 4 members (excludes halogenated alkanes) is 47. The number of aliphatic hydroxyl groups is 2. The molecular weight excluding hydrogens is 839 g/mol. The zero-order valence-corrected chi connectivity index (χ0v) is 46.1. The van der Waals surface area contributed by atoms with E-state index in [2.05, 4.69) is 19.2 Å². The van der Waals surface area contributed by atoms with E-state index in [-0.39, 0.29) is 18.5 Å². The molecule has 0 spiro atoms. The molecule has 6 nitrogen and oxygen atoms in total. The first-order chi connectivity index (χ1) is 33.5. The van der Waals surface area contributed by atoms with Crippen LogP contribution in [-0.4, -0.2) is 47.4 Å². The van der Waals surface area contributed by atoms with E-state index in [9.17, 15) is 19.8 Å². The van der Waals surface area contributed by atoms with Crippen LogP contribution in [0.4, 0.5) is 0 Å². The summed E-state index contributed by atoms with van der Waals surface area (Å²) >= 11 is 0. The Morgan fingerprint density at radius 1 is 0.397 bits per heavy atom. The van der Waals surface area contributed by atoms with Gasteiger partial charge in [-0.05, 0) is 32.1 Å². The minimum Gasteiger partial charge on any atom is -0.466 e. The third-order valence-corrected chi connectivity index (χ3v) is 14.6. The molecule has 0 radical (unpaired) electrons. The van der Waals surface area contributed by atoms with Crippen LogP contribution in [0.3, 0.4) is 0 Å². The molecule has 0 aromatic heterocycles. The molecule has 0 aliphatic carbocycles. The Morgan fingerprint density at radius 3 is 1.00 bits per heavy atom. The number of aliphatic hydroxyl groups excluding tert-OH is 2. The Balaban J connectivity index is 3.45. The molecule has 6 heteroatoms. The first-order valence-electron chi connectivity index (χ1n) is 31.0. The highest BCUT2D eigenvalue weighted by Gasteiger charge is 2.18. The molecule has 0 rings (SSSR count). The van der Waals surface area contributed by atoms with Gasteiger partial charge in [-0.3, -0.25) is 9.59 Å². The second-order valence-electron chi connectivity index (χ2n) is 21.4. The molecular formula is C62H121NO5. The summed E-state index contributed by atoms with van der Waals surface area (Å²) in [4.78, 5) is 24.6. The van der Waals surface area contributed by atoms with Crippen molar-refractivity contribution in [3.8, 4) is 0 Å². The fourth-order valence-corrected chi connectivity index (χ4v) is 9.81. The van der Waals surface area contributed by atoms with Gasteiger partial charge in [0, 0.05) is 12.8 Å². The number of nitrogens with one attached hydrogen (secondary N) is 1. The van der Waals surface area contributed by atoms with Crippen molar-refractivity contribution in [2.45, 2.75) is 360 Å². The van der Waals surface area contributed by atoms with Crippen LogP contribution in [0.1, 0.15) is 348 Å². The van der Waals surface area contributed by atoms with Gasteiger partial charge in [-0.1, -0.05) is 315 Å². The number of rotatable bonds is 58. The number of carbonyl (C=O) groups is 2. The molecule has 68 heavy (non-hydrogen) atoms. The van der Waals surface area contributed by atoms with Crippen molar-refractivity contribution in [1.29, 1.82) is 0 Å². The van der Waals surface area contributed by atoms with Crippen LogP contribution >= 0.6 is 0 Å². The molecule has 0 heterocycles. The third-order valence-electron chi connectivity index (χ3n) is 14.6. The molecule has 404 valence electrons. The van der Waals surface area contributed by atoms with Gasteiger partial charge < -0.3 is 20.3 Å². The average molecular weight is 961 g/mol. The zero-order chi connectivity index (χ0) is 49.3. The van der Waals surface area contributed by atoms with Gasteiger partial charge in [0.05, 0.1) is 25.4 Å². The van der Waals surface area contributed by atoms with Crippen LogP contribution in [0.15, 0.2) is 12.2 Å². The minimum atomic E-state index is -0.853. The first kappa shape index (κ1) is 66.6. The number of esters is 1. The van der Waals surface area contributed by atoms with E-state index in [1.54, 1.807) is 6.08 Å². The predicted octanol–water partition coefficient (Wildman–Crippen LogP) is 19.2. The molecule has 0 saturated heterocycles. The summed E-state index contributed by atoms with van der Waals surface area (Å²) in [5.74, 6) is -0.0785. The second kappa shape index (κ2) is 58.2. The van der Waals surface area contributed by atoms with Crippen molar-refractivity contribution in [3.63, 3.8) is 0 Å². The van der Waals surface area contributed by atoms with E-state index >= 15 is 0 Å². The lowest BCUT2D eigenvalue weighted by Gasteiger charge is -2.20. The molecule has 2 atom stereocenters. The maximum Gasteiger partial charge on any atom is 0.305 e. The molecule has 2 unspecified atom stereocenters. The molecule has 0 aliphatic heterocycles. The molecule has 3 N–H and O–H groups in total. The first-order valence-corrected chi connectivity index (χ1v) is 31.0. The van der Waals surface area contributed by atoms with Crippen LogP contribution in [0.25, 0.3) is 0 Å². The fraction of sp³-hybridized carbons (Fsp3) is 0.935. The van der Waals surface area contributed by atoms with Gasteiger partial charge in [0.25, 0.3) is 0 Å². The molecule has 0 aromatic carbocycles. The summed E-state index contributed by atoms with van der Waals surface area (Å²) in [5.41, 5.74) is 0. The lowest BCUT2D eigenvalue weighted by atomic mass is 10.0. The van der Waals surface area contributed by atoms with Crippen LogP contribution in [0.5, 0.6) is 0 Å². The van der Waals surface area contributed by atoms with Gasteiger partial charge in [-0.2, -0.15) is 0 Å². The Morgan fingerprint density at radius 2 is 0.676 bits per heavy atom. The second-order valence-corrected chi connectivity index (χ2v) is 21.4. The van der Waals surface area contributed by atoms with E-state index in [4.69, 9.17) is 4.74 Å². The minimum absolute atomic E-state index is 0.00184. The van der Waals surface area contributed by atoms with Crippen molar-refractivity contribution in [3.05, 3.63) is 12.2 Å². The Bertz CT molecular complexity index is 1020. The Hall–Kier alpha value is -1.40. The highest BCUT2D eigenvalue weighted by Crippen LogP contribution is 2.18. The summed E-state index contributed by atoms with van der Waals surface area (Å²) in [7, 11) is 0. The molecule has 0 fully saturated rings. The summed E-state index contributed by atoms with van der Waals surface area (Å²) in [5, 5.41) is 23.2. The topological polar surface area (TPSA) is 95.9 Å². The lowest BCUT2D eigenvalue weighted by molar-refractivity contribution is -0.143. The van der Waals surface area contributed by atoms with Crippen molar-refractivity contribution < 1.29 is 24.5 Å². The van der Waals surface area contributed by atoms with Crippen molar-refractivity contribution >= 4 is 11.9 Å². The normalized spacial score (nSPS) is 12.6. The van der Waals surface area contributed by atoms with Crippen molar-refractivity contribution in [2.75, 3.05) is 13.2 Å². The quantitative estimate of drug-likeness (QED) is 0.0321. The summed E-state index contributed by atoms with van der Waals surface area (Å²) in [6.45, 7) is 4.91. The van der Waals surface area contributed by atoms with Gasteiger partial charge in [0.2, 0.25) is 5.91 Å². The maximum atomic E-state index is 12.5. The number of amides is 1. The highest BCUT2D eigenvalue weighted by atomic mass is 16.5. The number of allylic oxidation sites excluding steroid dienone is 1.